The number of nitrogens with one attached hydrogen (secondary N) is 1. The maximum Gasteiger partial charge on any atom is 0.411 e. The van der Waals surface area contributed by atoms with Crippen LogP contribution in [0.5, 0.6) is 0 Å². The van der Waals surface area contributed by atoms with Crippen molar-refractivity contribution in [2.24, 2.45) is 0 Å². The fourth-order valence-corrected chi connectivity index (χ4v) is 5.60. The molecule has 0 radical (unpaired) electrons. The van der Waals surface area contributed by atoms with E-state index in [0.29, 0.717) is 0 Å². The van der Waals surface area contributed by atoms with Crippen molar-refractivity contribution in [3.63, 3.8) is 0 Å². The molecule has 1 fully saturated rings. The summed E-state index contributed by atoms with van der Waals surface area (Å²) >= 11 is 0. The summed E-state index contributed by atoms with van der Waals surface area (Å²) in [5.41, 5.74) is 0.145. The average Bonchev–Trinajstić information content (AvgIpc) is 2.86. The van der Waals surface area contributed by atoms with E-state index < -0.39 is 33.7 Å². The zero-order chi connectivity index (χ0) is 25.9. The minimum atomic E-state index is -3.83. The Morgan fingerprint density at radius 1 is 0.944 bits per heavy atom. The molecule has 3 aromatic rings. The van der Waals surface area contributed by atoms with Gasteiger partial charge >= 0.3 is 6.09 Å². The Morgan fingerprint density at radius 2 is 1.61 bits per heavy atom. The summed E-state index contributed by atoms with van der Waals surface area (Å²) in [5.74, 6) is -0.443. The van der Waals surface area contributed by atoms with Gasteiger partial charge in [-0.05, 0) is 55.3 Å². The number of rotatable bonds is 5. The molecular weight excluding hydrogens is 478 g/mol. The molecule has 1 aliphatic heterocycles. The summed E-state index contributed by atoms with van der Waals surface area (Å²) in [7, 11) is -3.83. The van der Waals surface area contributed by atoms with Gasteiger partial charge in [-0.25, -0.2) is 13.2 Å². The minimum Gasteiger partial charge on any atom is -0.444 e. The van der Waals surface area contributed by atoms with Gasteiger partial charge in [0.25, 0.3) is 0 Å². The van der Waals surface area contributed by atoms with Crippen LogP contribution in [0.15, 0.2) is 77.7 Å². The van der Waals surface area contributed by atoms with E-state index in [1.807, 2.05) is 42.5 Å². The summed E-state index contributed by atoms with van der Waals surface area (Å²) < 4.78 is 33.2. The van der Waals surface area contributed by atoms with Crippen LogP contribution >= 0.6 is 0 Å². The average molecular weight is 510 g/mol. The molecule has 3 aromatic carbocycles. The van der Waals surface area contributed by atoms with E-state index >= 15 is 0 Å². The van der Waals surface area contributed by atoms with Crippen molar-refractivity contribution in [3.05, 3.63) is 78.4 Å². The lowest BCUT2D eigenvalue weighted by atomic mass is 10.1. The third-order valence-corrected chi connectivity index (χ3v) is 7.81. The predicted octanol–water partition coefficient (Wildman–Crippen LogP) is 3.77. The van der Waals surface area contributed by atoms with Crippen molar-refractivity contribution in [2.75, 3.05) is 19.6 Å². The Balaban J connectivity index is 1.54. The molecular formula is C27H31N3O5S. The number of ether oxygens (including phenoxy) is 1. The molecule has 2 amide bonds. The molecule has 1 aliphatic rings. The molecule has 1 N–H and O–H groups in total. The molecule has 0 saturated carbocycles. The lowest BCUT2D eigenvalue weighted by Crippen LogP contribution is -2.61. The highest BCUT2D eigenvalue weighted by Crippen LogP contribution is 2.22. The molecule has 1 heterocycles. The van der Waals surface area contributed by atoms with Gasteiger partial charge in [0.15, 0.2) is 0 Å². The molecule has 1 saturated heterocycles. The Morgan fingerprint density at radius 3 is 2.31 bits per heavy atom. The van der Waals surface area contributed by atoms with Crippen LogP contribution in [0.4, 0.5) is 4.79 Å². The van der Waals surface area contributed by atoms with Gasteiger partial charge in [-0.1, -0.05) is 54.6 Å². The minimum absolute atomic E-state index is 0.0367. The summed E-state index contributed by atoms with van der Waals surface area (Å²) in [6, 6.07) is 20.9. The molecule has 0 spiro atoms. The third kappa shape index (κ3) is 5.85. The fraction of sp³-hybridized carbons (Fsp3) is 0.333. The molecule has 0 bridgehead atoms. The van der Waals surface area contributed by atoms with E-state index in [2.05, 4.69) is 5.32 Å². The van der Waals surface area contributed by atoms with Gasteiger partial charge in [0.2, 0.25) is 15.9 Å². The van der Waals surface area contributed by atoms with Crippen LogP contribution in [0.3, 0.4) is 0 Å². The molecule has 1 atom stereocenters. The number of nitrogens with zero attached hydrogens (tertiary/aromatic N) is 2. The number of hydrogen-bond acceptors (Lipinski definition) is 5. The van der Waals surface area contributed by atoms with Crippen molar-refractivity contribution in [1.29, 1.82) is 0 Å². The van der Waals surface area contributed by atoms with Crippen molar-refractivity contribution < 1.29 is 22.7 Å². The Labute approximate surface area is 211 Å². The van der Waals surface area contributed by atoms with Crippen LogP contribution in [0.1, 0.15) is 26.3 Å². The van der Waals surface area contributed by atoms with E-state index in [9.17, 15) is 18.0 Å². The van der Waals surface area contributed by atoms with Gasteiger partial charge in [0.1, 0.15) is 11.6 Å². The predicted molar refractivity (Wildman–Crippen MR) is 138 cm³/mol. The van der Waals surface area contributed by atoms with Crippen molar-refractivity contribution in [2.45, 2.75) is 43.9 Å². The molecule has 190 valence electrons. The first kappa shape index (κ1) is 25.7. The second kappa shape index (κ2) is 10.3. The van der Waals surface area contributed by atoms with Gasteiger partial charge in [-0.2, -0.15) is 4.31 Å². The molecule has 36 heavy (non-hydrogen) atoms. The van der Waals surface area contributed by atoms with Crippen molar-refractivity contribution in [1.82, 2.24) is 14.5 Å². The van der Waals surface area contributed by atoms with E-state index in [0.717, 1.165) is 16.3 Å². The number of hydrogen-bond donors (Lipinski definition) is 1. The molecule has 8 nitrogen and oxygen atoms in total. The van der Waals surface area contributed by atoms with E-state index in [1.165, 1.54) is 21.3 Å². The van der Waals surface area contributed by atoms with Gasteiger partial charge < -0.3 is 10.1 Å². The number of piperazine rings is 1. The van der Waals surface area contributed by atoms with Crippen LogP contribution in [0, 0.1) is 0 Å². The lowest BCUT2D eigenvalue weighted by Gasteiger charge is -2.40. The second-order valence-electron chi connectivity index (χ2n) is 9.76. The standard InChI is InChI=1S/C27H31N3O5S/c1-27(2,3)35-26(32)30-16-15-29(36(33,34)23-11-5-4-6-12-23)19-24(30)25(31)28-18-20-13-14-21-9-7-8-10-22(21)17-20/h4-14,17,24H,15-16,18-19H2,1-3H3,(H,28,31). The van der Waals surface area contributed by atoms with E-state index in [4.69, 9.17) is 4.74 Å². The van der Waals surface area contributed by atoms with E-state index in [-0.39, 0.29) is 31.1 Å². The molecule has 1 unspecified atom stereocenters. The first-order chi connectivity index (χ1) is 17.0. The maximum absolute atomic E-state index is 13.3. The summed E-state index contributed by atoms with van der Waals surface area (Å²) in [5, 5.41) is 5.03. The Kier molecular flexibility index (Phi) is 7.33. The zero-order valence-electron chi connectivity index (χ0n) is 20.7. The summed E-state index contributed by atoms with van der Waals surface area (Å²) in [6.45, 7) is 5.41. The number of amides is 2. The Bertz CT molecular complexity index is 1350. The monoisotopic (exact) mass is 509 g/mol. The number of fused-ring (bicyclic) bond motifs is 1. The molecule has 0 aliphatic carbocycles. The first-order valence-corrected chi connectivity index (χ1v) is 13.3. The number of carbonyl (C=O) groups excluding carboxylic acids is 2. The van der Waals surface area contributed by atoms with Crippen molar-refractivity contribution >= 4 is 32.8 Å². The molecule has 9 heteroatoms. The highest BCUT2D eigenvalue weighted by molar-refractivity contribution is 7.89. The molecule has 4 rings (SSSR count). The van der Waals surface area contributed by atoms with Gasteiger partial charge in [0, 0.05) is 26.2 Å². The summed E-state index contributed by atoms with van der Waals surface area (Å²) in [4.78, 5) is 27.7. The quantitative estimate of drug-likeness (QED) is 0.565. The van der Waals surface area contributed by atoms with Crippen molar-refractivity contribution in [3.8, 4) is 0 Å². The maximum atomic E-state index is 13.3. The second-order valence-corrected chi connectivity index (χ2v) is 11.7. The Hall–Kier alpha value is -3.43. The van der Waals surface area contributed by atoms with Crippen LogP contribution in [0.2, 0.25) is 0 Å². The third-order valence-electron chi connectivity index (χ3n) is 5.94. The number of sulfonamides is 1. The SMILES string of the molecule is CC(C)(C)OC(=O)N1CCN(S(=O)(=O)c2ccccc2)CC1C(=O)NCc1ccc2ccccc2c1. The van der Waals surface area contributed by atoms with Crippen LogP contribution < -0.4 is 5.32 Å². The topological polar surface area (TPSA) is 96.0 Å². The van der Waals surface area contributed by atoms with Gasteiger partial charge in [-0.15, -0.1) is 0 Å². The smallest absolute Gasteiger partial charge is 0.411 e. The normalized spacial score (nSPS) is 17.1. The lowest BCUT2D eigenvalue weighted by molar-refractivity contribution is -0.128. The largest absolute Gasteiger partial charge is 0.444 e. The fourth-order valence-electron chi connectivity index (χ4n) is 4.14. The highest BCUT2D eigenvalue weighted by atomic mass is 32.2. The van der Waals surface area contributed by atoms with Crippen LogP contribution in [0.25, 0.3) is 10.8 Å². The van der Waals surface area contributed by atoms with Gasteiger partial charge in [0.05, 0.1) is 4.90 Å². The first-order valence-electron chi connectivity index (χ1n) is 11.8. The van der Waals surface area contributed by atoms with Crippen LogP contribution in [-0.4, -0.2) is 60.9 Å². The summed E-state index contributed by atoms with van der Waals surface area (Å²) in [6.07, 6.45) is -0.648. The number of carbonyl (C=O) groups is 2. The molecule has 0 aromatic heterocycles. The number of benzene rings is 3. The van der Waals surface area contributed by atoms with E-state index in [1.54, 1.807) is 39.0 Å². The highest BCUT2D eigenvalue weighted by Gasteiger charge is 2.41. The zero-order valence-corrected chi connectivity index (χ0v) is 21.5. The van der Waals surface area contributed by atoms with Crippen LogP contribution in [-0.2, 0) is 26.1 Å². The van der Waals surface area contributed by atoms with Gasteiger partial charge in [-0.3, -0.25) is 9.69 Å².